The molecule has 0 atom stereocenters. The number of nitrogens with one attached hydrogen (secondary N) is 2. The summed E-state index contributed by atoms with van der Waals surface area (Å²) in [5, 5.41) is 8.83. The molecule has 4 aromatic rings. The molecule has 0 aliphatic carbocycles. The molecule has 35 heavy (non-hydrogen) atoms. The molecule has 0 saturated carbocycles. The highest BCUT2D eigenvalue weighted by Gasteiger charge is 2.21. The average Bonchev–Trinajstić information content (AvgIpc) is 3.38. The molecular formula is C23H25N5O5S2. The van der Waals surface area contributed by atoms with Gasteiger partial charge in [0, 0.05) is 13.0 Å². The van der Waals surface area contributed by atoms with Crippen LogP contribution in [0.25, 0.3) is 21.3 Å². The maximum atomic E-state index is 12.0. The molecule has 0 unspecified atom stereocenters. The second-order valence-electron chi connectivity index (χ2n) is 8.67. The van der Waals surface area contributed by atoms with Gasteiger partial charge in [-0.15, -0.1) is 21.5 Å². The van der Waals surface area contributed by atoms with Crippen LogP contribution in [0.3, 0.4) is 0 Å². The number of hydrogen-bond acceptors (Lipinski definition) is 9. The summed E-state index contributed by atoms with van der Waals surface area (Å²) in [6, 6.07) is 16.3. The number of rotatable bonds is 8. The molecule has 2 aromatic heterocycles. The van der Waals surface area contributed by atoms with Crippen LogP contribution in [0.15, 0.2) is 52.9 Å². The average molecular weight is 516 g/mol. The fourth-order valence-electron chi connectivity index (χ4n) is 3.19. The maximum Gasteiger partial charge on any atom is 0.422 e. The van der Waals surface area contributed by atoms with Crippen molar-refractivity contribution in [1.29, 1.82) is 0 Å². The summed E-state index contributed by atoms with van der Waals surface area (Å²) in [6.45, 7) is 4.87. The van der Waals surface area contributed by atoms with Gasteiger partial charge in [0.05, 0.1) is 16.6 Å². The van der Waals surface area contributed by atoms with Crippen LogP contribution in [-0.4, -0.2) is 41.8 Å². The number of carbonyl (C=O) groups excluding carboxylic acids is 1. The molecule has 0 radical (unpaired) electrons. The molecule has 4 rings (SSSR count). The summed E-state index contributed by atoms with van der Waals surface area (Å²) in [5.74, 6) is 0.657. The van der Waals surface area contributed by atoms with Crippen molar-refractivity contribution in [2.24, 2.45) is 0 Å². The van der Waals surface area contributed by atoms with Gasteiger partial charge in [-0.25, -0.2) is 14.5 Å². The first-order valence-electron chi connectivity index (χ1n) is 10.8. The number of thiazole rings is 1. The van der Waals surface area contributed by atoms with Crippen LogP contribution in [0.2, 0.25) is 0 Å². The van der Waals surface area contributed by atoms with Gasteiger partial charge in [-0.3, -0.25) is 0 Å². The lowest BCUT2D eigenvalue weighted by Crippen LogP contribution is -2.43. The van der Waals surface area contributed by atoms with Gasteiger partial charge >= 0.3 is 16.3 Å². The molecule has 2 N–H and O–H groups in total. The van der Waals surface area contributed by atoms with E-state index in [-0.39, 0.29) is 18.9 Å². The highest BCUT2D eigenvalue weighted by molar-refractivity contribution is 7.88. The molecular weight excluding hydrogens is 490 g/mol. The van der Waals surface area contributed by atoms with Gasteiger partial charge in [0.2, 0.25) is 11.8 Å². The third-order valence-corrected chi connectivity index (χ3v) is 6.64. The summed E-state index contributed by atoms with van der Waals surface area (Å²) >= 11 is 1.56. The SMILES string of the molecule is CC(C)(C)OC(=O)NS(=O)(=O)NCCc1nnc(Cc2nc3ccc(-c4ccccc4)cc3s2)o1. The van der Waals surface area contributed by atoms with Gasteiger partial charge in [-0.1, -0.05) is 36.4 Å². The van der Waals surface area contributed by atoms with Crippen molar-refractivity contribution >= 4 is 37.9 Å². The lowest BCUT2D eigenvalue weighted by Gasteiger charge is -2.19. The van der Waals surface area contributed by atoms with Gasteiger partial charge in [0.25, 0.3) is 0 Å². The minimum atomic E-state index is -4.08. The molecule has 0 aliphatic heterocycles. The first kappa shape index (κ1) is 24.8. The van der Waals surface area contributed by atoms with Crippen molar-refractivity contribution in [3.63, 3.8) is 0 Å². The number of nitrogens with zero attached hydrogens (tertiary/aromatic N) is 3. The number of carbonyl (C=O) groups is 1. The highest BCUT2D eigenvalue weighted by atomic mass is 32.2. The summed E-state index contributed by atoms with van der Waals surface area (Å²) in [6.07, 6.45) is -0.529. The van der Waals surface area contributed by atoms with E-state index < -0.39 is 21.9 Å². The molecule has 0 aliphatic rings. The Morgan fingerprint density at radius 2 is 1.80 bits per heavy atom. The minimum Gasteiger partial charge on any atom is -0.443 e. The van der Waals surface area contributed by atoms with E-state index in [2.05, 4.69) is 38.1 Å². The van der Waals surface area contributed by atoms with Crippen LogP contribution in [-0.2, 0) is 27.8 Å². The van der Waals surface area contributed by atoms with E-state index in [1.165, 1.54) is 0 Å². The molecule has 12 heteroatoms. The lowest BCUT2D eigenvalue weighted by atomic mass is 10.1. The van der Waals surface area contributed by atoms with E-state index in [0.717, 1.165) is 26.4 Å². The summed E-state index contributed by atoms with van der Waals surface area (Å²) in [4.78, 5) is 16.3. The van der Waals surface area contributed by atoms with E-state index in [0.29, 0.717) is 12.3 Å². The van der Waals surface area contributed by atoms with Crippen molar-refractivity contribution in [3.8, 4) is 11.1 Å². The number of ether oxygens (including phenoxy) is 1. The highest BCUT2D eigenvalue weighted by Crippen LogP contribution is 2.29. The molecule has 10 nitrogen and oxygen atoms in total. The Morgan fingerprint density at radius 3 is 2.54 bits per heavy atom. The second-order valence-corrected chi connectivity index (χ2v) is 11.3. The van der Waals surface area contributed by atoms with Crippen LogP contribution in [0, 0.1) is 0 Å². The Balaban J connectivity index is 1.32. The van der Waals surface area contributed by atoms with Gasteiger partial charge < -0.3 is 9.15 Å². The molecule has 2 heterocycles. The number of amides is 1. The maximum absolute atomic E-state index is 12.0. The fraction of sp³-hybridized carbons (Fsp3) is 0.304. The Kier molecular flexibility index (Phi) is 7.15. The van der Waals surface area contributed by atoms with Crippen molar-refractivity contribution < 1.29 is 22.4 Å². The zero-order valence-corrected chi connectivity index (χ0v) is 21.1. The van der Waals surface area contributed by atoms with Crippen LogP contribution >= 0.6 is 11.3 Å². The zero-order valence-electron chi connectivity index (χ0n) is 19.4. The third kappa shape index (κ3) is 7.07. The normalized spacial score (nSPS) is 12.1. The quantitative estimate of drug-likeness (QED) is 0.361. The molecule has 1 amide bonds. The molecule has 2 aromatic carbocycles. The van der Waals surface area contributed by atoms with E-state index >= 15 is 0 Å². The second kappa shape index (κ2) is 10.1. The Bertz CT molecular complexity index is 1430. The van der Waals surface area contributed by atoms with Gasteiger partial charge in [0.1, 0.15) is 10.6 Å². The monoisotopic (exact) mass is 515 g/mol. The van der Waals surface area contributed by atoms with E-state index in [4.69, 9.17) is 9.15 Å². The van der Waals surface area contributed by atoms with Crippen molar-refractivity contribution in [1.82, 2.24) is 24.6 Å². The number of fused-ring (bicyclic) bond motifs is 1. The molecule has 0 spiro atoms. The molecule has 0 saturated heterocycles. The Labute approximate surface area is 206 Å². The predicted molar refractivity (Wildman–Crippen MR) is 132 cm³/mol. The Hall–Kier alpha value is -3.35. The number of benzene rings is 2. The Morgan fingerprint density at radius 1 is 1.06 bits per heavy atom. The van der Waals surface area contributed by atoms with E-state index in [1.54, 1.807) is 36.8 Å². The van der Waals surface area contributed by atoms with Crippen molar-refractivity contribution in [3.05, 3.63) is 65.3 Å². The van der Waals surface area contributed by atoms with Gasteiger partial charge in [-0.2, -0.15) is 13.1 Å². The first-order chi connectivity index (χ1) is 16.6. The standard InChI is InChI=1S/C23H25N5O5S2/c1-23(2,3)33-22(29)28-35(30,31)24-12-11-19-26-27-20(32-19)14-21-25-17-10-9-16(13-18(17)34-21)15-7-5-4-6-8-15/h4-10,13,24H,11-12,14H2,1-3H3,(H,28,29). The topological polar surface area (TPSA) is 136 Å². The van der Waals surface area contributed by atoms with Gasteiger partial charge in [0.15, 0.2) is 0 Å². The molecule has 0 bridgehead atoms. The van der Waals surface area contributed by atoms with Crippen molar-refractivity contribution in [2.75, 3.05) is 6.54 Å². The van der Waals surface area contributed by atoms with E-state index in [1.807, 2.05) is 30.3 Å². The van der Waals surface area contributed by atoms with Crippen LogP contribution in [0.4, 0.5) is 4.79 Å². The third-order valence-electron chi connectivity index (χ3n) is 4.60. The van der Waals surface area contributed by atoms with Gasteiger partial charge in [-0.05, 0) is 44.0 Å². The summed E-state index contributed by atoms with van der Waals surface area (Å²) in [5.41, 5.74) is 2.35. The lowest BCUT2D eigenvalue weighted by molar-refractivity contribution is 0.0569. The molecule has 0 fully saturated rings. The summed E-state index contributed by atoms with van der Waals surface area (Å²) in [7, 11) is -4.08. The van der Waals surface area contributed by atoms with Crippen LogP contribution in [0.5, 0.6) is 0 Å². The minimum absolute atomic E-state index is 0.0385. The summed E-state index contributed by atoms with van der Waals surface area (Å²) < 4.78 is 39.6. The van der Waals surface area contributed by atoms with Crippen molar-refractivity contribution in [2.45, 2.75) is 39.2 Å². The first-order valence-corrected chi connectivity index (χ1v) is 13.1. The fourth-order valence-corrected chi connectivity index (χ4v) is 4.89. The predicted octanol–water partition coefficient (Wildman–Crippen LogP) is 3.84. The zero-order chi connectivity index (χ0) is 25.1. The molecule has 184 valence electrons. The smallest absolute Gasteiger partial charge is 0.422 e. The largest absolute Gasteiger partial charge is 0.443 e. The van der Waals surface area contributed by atoms with Crippen LogP contribution < -0.4 is 9.44 Å². The van der Waals surface area contributed by atoms with E-state index in [9.17, 15) is 13.2 Å². The van der Waals surface area contributed by atoms with Crippen LogP contribution in [0.1, 0.15) is 37.6 Å². The number of aromatic nitrogens is 3. The number of hydrogen-bond donors (Lipinski definition) is 2.